The lowest BCUT2D eigenvalue weighted by Gasteiger charge is -2.27. The van der Waals surface area contributed by atoms with Gasteiger partial charge in [-0.25, -0.2) is 0 Å². The molecule has 0 bridgehead atoms. The molecule has 0 unspecified atom stereocenters. The Hall–Kier alpha value is -3.42. The molecule has 4 rings (SSSR count). The van der Waals surface area contributed by atoms with Crippen LogP contribution >= 0.6 is 0 Å². The summed E-state index contributed by atoms with van der Waals surface area (Å²) in [6, 6.07) is 5.40. The maximum absolute atomic E-state index is 13.0. The van der Waals surface area contributed by atoms with Crippen LogP contribution in [0.15, 0.2) is 47.5 Å². The van der Waals surface area contributed by atoms with Gasteiger partial charge in [-0.3, -0.25) is 19.3 Å². The van der Waals surface area contributed by atoms with Crippen molar-refractivity contribution in [3.63, 3.8) is 0 Å². The van der Waals surface area contributed by atoms with Gasteiger partial charge in [0, 0.05) is 49.7 Å². The molecule has 3 aromatic heterocycles. The van der Waals surface area contributed by atoms with E-state index in [0.717, 1.165) is 23.4 Å². The Balaban J connectivity index is 1.58. The third-order valence-corrected chi connectivity index (χ3v) is 5.12. The van der Waals surface area contributed by atoms with Crippen LogP contribution in [0, 0.1) is 5.92 Å². The average molecular weight is 407 g/mol. The SMILES string of the molecule is CC(C)Cn1nc(C(=O)NCc2cccnc2)c2c1CCN(C(=O)c1ccoc1)C2. The van der Waals surface area contributed by atoms with Gasteiger partial charge in [-0.05, 0) is 23.6 Å². The van der Waals surface area contributed by atoms with E-state index in [-0.39, 0.29) is 11.8 Å². The molecular weight excluding hydrogens is 382 g/mol. The summed E-state index contributed by atoms with van der Waals surface area (Å²) in [7, 11) is 0. The second kappa shape index (κ2) is 8.52. The van der Waals surface area contributed by atoms with E-state index in [1.807, 2.05) is 16.8 Å². The number of nitrogens with zero attached hydrogens (tertiary/aromatic N) is 4. The lowest BCUT2D eigenvalue weighted by Crippen LogP contribution is -2.37. The normalized spacial score (nSPS) is 13.4. The van der Waals surface area contributed by atoms with Gasteiger partial charge in [0.15, 0.2) is 5.69 Å². The molecule has 0 aromatic carbocycles. The Kier molecular flexibility index (Phi) is 5.65. The molecule has 3 aromatic rings. The van der Waals surface area contributed by atoms with Crippen molar-refractivity contribution >= 4 is 11.8 Å². The molecule has 0 spiro atoms. The Bertz CT molecular complexity index is 1020. The van der Waals surface area contributed by atoms with Gasteiger partial charge in [0.1, 0.15) is 6.26 Å². The topological polar surface area (TPSA) is 93.3 Å². The van der Waals surface area contributed by atoms with Crippen LogP contribution < -0.4 is 5.32 Å². The van der Waals surface area contributed by atoms with Gasteiger partial charge in [0.25, 0.3) is 11.8 Å². The third-order valence-electron chi connectivity index (χ3n) is 5.12. The summed E-state index contributed by atoms with van der Waals surface area (Å²) < 4.78 is 6.98. The first-order valence-corrected chi connectivity index (χ1v) is 10.1. The van der Waals surface area contributed by atoms with Crippen molar-refractivity contribution in [2.75, 3.05) is 6.54 Å². The summed E-state index contributed by atoms with van der Waals surface area (Å²) in [5.41, 5.74) is 3.67. The van der Waals surface area contributed by atoms with Crippen LogP contribution in [0.2, 0.25) is 0 Å². The fraction of sp³-hybridized carbons (Fsp3) is 0.364. The maximum Gasteiger partial charge on any atom is 0.272 e. The van der Waals surface area contributed by atoms with Crippen molar-refractivity contribution < 1.29 is 14.0 Å². The number of furan rings is 1. The van der Waals surface area contributed by atoms with E-state index in [0.29, 0.717) is 43.2 Å². The molecule has 4 heterocycles. The van der Waals surface area contributed by atoms with Crippen molar-refractivity contribution in [2.45, 2.75) is 39.9 Å². The maximum atomic E-state index is 13.0. The summed E-state index contributed by atoms with van der Waals surface area (Å²) in [5, 5.41) is 7.56. The Morgan fingerprint density at radius 3 is 2.87 bits per heavy atom. The van der Waals surface area contributed by atoms with Gasteiger partial charge in [0.2, 0.25) is 0 Å². The first kappa shape index (κ1) is 19.9. The zero-order valence-electron chi connectivity index (χ0n) is 17.2. The monoisotopic (exact) mass is 407 g/mol. The molecule has 8 heteroatoms. The van der Waals surface area contributed by atoms with Crippen LogP contribution in [0.3, 0.4) is 0 Å². The highest BCUT2D eigenvalue weighted by molar-refractivity contribution is 5.96. The summed E-state index contributed by atoms with van der Waals surface area (Å²) in [6.07, 6.45) is 7.01. The van der Waals surface area contributed by atoms with Crippen LogP contribution in [0.1, 0.15) is 51.5 Å². The molecule has 1 aliphatic rings. The van der Waals surface area contributed by atoms with Gasteiger partial charge in [-0.15, -0.1) is 0 Å². The summed E-state index contributed by atoms with van der Waals surface area (Å²) in [5.74, 6) is 0.0499. The second-order valence-corrected chi connectivity index (χ2v) is 7.88. The molecule has 0 fully saturated rings. The number of fused-ring (bicyclic) bond motifs is 1. The van der Waals surface area contributed by atoms with E-state index in [9.17, 15) is 9.59 Å². The molecule has 0 aliphatic carbocycles. The fourth-order valence-corrected chi connectivity index (χ4v) is 3.68. The molecule has 156 valence electrons. The van der Waals surface area contributed by atoms with E-state index in [4.69, 9.17) is 4.42 Å². The number of rotatable bonds is 6. The van der Waals surface area contributed by atoms with Crippen LogP contribution in [0.4, 0.5) is 0 Å². The molecule has 2 amide bonds. The number of aromatic nitrogens is 3. The van der Waals surface area contributed by atoms with Gasteiger partial charge in [0.05, 0.1) is 18.4 Å². The number of carbonyl (C=O) groups is 2. The van der Waals surface area contributed by atoms with E-state index >= 15 is 0 Å². The van der Waals surface area contributed by atoms with Crippen LogP contribution in [-0.2, 0) is 26.1 Å². The zero-order chi connectivity index (χ0) is 21.1. The number of carbonyl (C=O) groups excluding carboxylic acids is 2. The molecular formula is C22H25N5O3. The summed E-state index contributed by atoms with van der Waals surface area (Å²) in [4.78, 5) is 31.6. The highest BCUT2D eigenvalue weighted by atomic mass is 16.3. The quantitative estimate of drug-likeness (QED) is 0.678. The molecule has 0 saturated heterocycles. The van der Waals surface area contributed by atoms with Crippen molar-refractivity contribution in [3.05, 3.63) is 71.2 Å². The number of amides is 2. The Morgan fingerprint density at radius 2 is 2.17 bits per heavy atom. The second-order valence-electron chi connectivity index (χ2n) is 7.88. The van der Waals surface area contributed by atoms with Gasteiger partial charge < -0.3 is 14.6 Å². The van der Waals surface area contributed by atoms with Crippen molar-refractivity contribution in [2.24, 2.45) is 5.92 Å². The highest BCUT2D eigenvalue weighted by Crippen LogP contribution is 2.25. The Morgan fingerprint density at radius 1 is 1.30 bits per heavy atom. The first-order chi connectivity index (χ1) is 14.5. The highest BCUT2D eigenvalue weighted by Gasteiger charge is 2.30. The minimum absolute atomic E-state index is 0.104. The first-order valence-electron chi connectivity index (χ1n) is 10.1. The molecule has 0 radical (unpaired) electrons. The minimum Gasteiger partial charge on any atom is -0.472 e. The minimum atomic E-state index is -0.241. The number of hydrogen-bond acceptors (Lipinski definition) is 5. The zero-order valence-corrected chi connectivity index (χ0v) is 17.2. The smallest absolute Gasteiger partial charge is 0.272 e. The van der Waals surface area contributed by atoms with Crippen molar-refractivity contribution in [3.8, 4) is 0 Å². The molecule has 0 saturated carbocycles. The number of nitrogens with one attached hydrogen (secondary N) is 1. The van der Waals surface area contributed by atoms with E-state index in [2.05, 4.69) is 29.2 Å². The van der Waals surface area contributed by atoms with Gasteiger partial charge in [-0.2, -0.15) is 5.10 Å². The predicted molar refractivity (Wildman–Crippen MR) is 110 cm³/mol. The van der Waals surface area contributed by atoms with E-state index < -0.39 is 0 Å². The molecule has 30 heavy (non-hydrogen) atoms. The van der Waals surface area contributed by atoms with Gasteiger partial charge >= 0.3 is 0 Å². The van der Waals surface area contributed by atoms with Crippen LogP contribution in [-0.4, -0.2) is 38.0 Å². The van der Waals surface area contributed by atoms with Crippen LogP contribution in [0.5, 0.6) is 0 Å². The molecule has 0 atom stereocenters. The third kappa shape index (κ3) is 4.12. The largest absolute Gasteiger partial charge is 0.472 e. The Labute approximate surface area is 174 Å². The lowest BCUT2D eigenvalue weighted by molar-refractivity contribution is 0.0729. The average Bonchev–Trinajstić information content (AvgIpc) is 3.40. The predicted octanol–water partition coefficient (Wildman–Crippen LogP) is 2.66. The van der Waals surface area contributed by atoms with Crippen molar-refractivity contribution in [1.82, 2.24) is 25.0 Å². The molecule has 1 N–H and O–H groups in total. The van der Waals surface area contributed by atoms with Crippen molar-refractivity contribution in [1.29, 1.82) is 0 Å². The van der Waals surface area contributed by atoms with E-state index in [1.165, 1.54) is 12.5 Å². The summed E-state index contributed by atoms with van der Waals surface area (Å²) >= 11 is 0. The lowest BCUT2D eigenvalue weighted by atomic mass is 10.0. The van der Waals surface area contributed by atoms with Gasteiger partial charge in [-0.1, -0.05) is 19.9 Å². The molecule has 8 nitrogen and oxygen atoms in total. The number of pyridine rings is 1. The fourth-order valence-electron chi connectivity index (χ4n) is 3.68. The van der Waals surface area contributed by atoms with Crippen LogP contribution in [0.25, 0.3) is 0 Å². The standard InChI is InChI=1S/C22H25N5O3/c1-15(2)12-27-19-5-8-26(22(29)17-6-9-30-14-17)13-18(19)20(25-27)21(28)24-11-16-4-3-7-23-10-16/h3-4,6-7,9-10,14-15H,5,8,11-13H2,1-2H3,(H,24,28). The van der Waals surface area contributed by atoms with E-state index in [1.54, 1.807) is 23.4 Å². The number of hydrogen-bond donors (Lipinski definition) is 1. The summed E-state index contributed by atoms with van der Waals surface area (Å²) in [6.45, 7) is 6.27. The molecule has 1 aliphatic heterocycles.